The first-order valence-corrected chi connectivity index (χ1v) is 9.70. The van der Waals surface area contributed by atoms with Gasteiger partial charge in [-0.15, -0.1) is 0 Å². The molecular weight excluding hydrogens is 348 g/mol. The van der Waals surface area contributed by atoms with E-state index >= 15 is 0 Å². The summed E-state index contributed by atoms with van der Waals surface area (Å²) >= 11 is 0. The lowest BCUT2D eigenvalue weighted by Gasteiger charge is -2.20. The molecule has 0 unspecified atom stereocenters. The molecule has 5 nitrogen and oxygen atoms in total. The Balaban J connectivity index is 1.59. The highest BCUT2D eigenvalue weighted by Crippen LogP contribution is 2.23. The van der Waals surface area contributed by atoms with Crippen LogP contribution in [0.4, 0.5) is 0 Å². The van der Waals surface area contributed by atoms with Crippen molar-refractivity contribution in [2.45, 2.75) is 13.0 Å². The Morgan fingerprint density at radius 3 is 2.64 bits per heavy atom. The van der Waals surface area contributed by atoms with E-state index < -0.39 is 0 Å². The largest absolute Gasteiger partial charge is 0.321 e. The van der Waals surface area contributed by atoms with Crippen molar-refractivity contribution in [1.29, 1.82) is 5.26 Å². The van der Waals surface area contributed by atoms with Gasteiger partial charge in [-0.25, -0.2) is 0 Å². The van der Waals surface area contributed by atoms with Gasteiger partial charge in [-0.2, -0.15) is 5.26 Å². The molecule has 2 heterocycles. The predicted octanol–water partition coefficient (Wildman–Crippen LogP) is 3.20. The maximum atomic E-state index is 12.5. The van der Waals surface area contributed by atoms with Crippen LogP contribution in [0.15, 0.2) is 53.3 Å². The van der Waals surface area contributed by atoms with Crippen LogP contribution in [-0.4, -0.2) is 48.0 Å². The monoisotopic (exact) mass is 372 g/mol. The summed E-state index contributed by atoms with van der Waals surface area (Å²) in [6.07, 6.45) is 1.20. The van der Waals surface area contributed by atoms with Crippen LogP contribution in [0.3, 0.4) is 0 Å². The number of aromatic nitrogens is 1. The van der Waals surface area contributed by atoms with Crippen LogP contribution < -0.4 is 5.56 Å². The molecule has 1 aliphatic heterocycles. The molecule has 0 saturated carbocycles. The van der Waals surface area contributed by atoms with Gasteiger partial charge in [0.1, 0.15) is 0 Å². The molecule has 4 rings (SSSR count). The van der Waals surface area contributed by atoms with E-state index in [1.165, 1.54) is 12.0 Å². The van der Waals surface area contributed by atoms with Crippen LogP contribution in [0, 0.1) is 11.3 Å². The van der Waals surface area contributed by atoms with Crippen LogP contribution in [0.1, 0.15) is 17.5 Å². The number of benzene rings is 2. The van der Waals surface area contributed by atoms with Crippen molar-refractivity contribution in [3.8, 4) is 17.3 Å². The molecule has 1 fully saturated rings. The van der Waals surface area contributed by atoms with Crippen molar-refractivity contribution >= 4 is 10.8 Å². The summed E-state index contributed by atoms with van der Waals surface area (Å²) in [6, 6.07) is 17.7. The van der Waals surface area contributed by atoms with Gasteiger partial charge < -0.3 is 9.88 Å². The summed E-state index contributed by atoms with van der Waals surface area (Å²) in [5, 5.41) is 10.6. The van der Waals surface area contributed by atoms with Gasteiger partial charge in [-0.1, -0.05) is 30.3 Å². The summed E-state index contributed by atoms with van der Waals surface area (Å²) in [7, 11) is 2.18. The van der Waals surface area contributed by atoms with Crippen LogP contribution in [0.25, 0.3) is 22.0 Å². The second kappa shape index (κ2) is 7.97. The van der Waals surface area contributed by atoms with Gasteiger partial charge in [0.15, 0.2) is 0 Å². The molecule has 1 N–H and O–H groups in total. The first-order chi connectivity index (χ1) is 13.6. The Morgan fingerprint density at radius 1 is 1.04 bits per heavy atom. The number of likely N-dealkylation sites (N-methyl/N-ethyl adjacent to an activating group) is 1. The van der Waals surface area contributed by atoms with Gasteiger partial charge in [-0.05, 0) is 55.9 Å². The van der Waals surface area contributed by atoms with E-state index in [9.17, 15) is 10.1 Å². The zero-order chi connectivity index (χ0) is 19.5. The molecule has 2 aromatic carbocycles. The zero-order valence-corrected chi connectivity index (χ0v) is 16.1. The number of nitriles is 1. The fraction of sp³-hybridized carbons (Fsp3) is 0.304. The number of aromatic amines is 1. The maximum Gasteiger partial charge on any atom is 0.256 e. The van der Waals surface area contributed by atoms with Gasteiger partial charge in [0, 0.05) is 36.1 Å². The van der Waals surface area contributed by atoms with E-state index in [0.29, 0.717) is 16.3 Å². The fourth-order valence-electron chi connectivity index (χ4n) is 3.85. The Hall–Kier alpha value is -2.94. The Bertz CT molecular complexity index is 1080. The number of hydrogen-bond donors (Lipinski definition) is 1. The maximum absolute atomic E-state index is 12.5. The average molecular weight is 372 g/mol. The second-order valence-corrected chi connectivity index (χ2v) is 7.52. The van der Waals surface area contributed by atoms with Gasteiger partial charge >= 0.3 is 0 Å². The lowest BCUT2D eigenvalue weighted by molar-refractivity contribution is 0.269. The number of nitrogens with zero attached hydrogens (tertiary/aromatic N) is 3. The Labute approximate surface area is 164 Å². The zero-order valence-electron chi connectivity index (χ0n) is 16.1. The number of nitrogens with one attached hydrogen (secondary N) is 1. The molecular formula is C23H24N4O. The van der Waals surface area contributed by atoms with Gasteiger partial charge in [0.05, 0.1) is 11.6 Å². The van der Waals surface area contributed by atoms with E-state index in [4.69, 9.17) is 0 Å². The highest BCUT2D eigenvalue weighted by Gasteiger charge is 2.13. The standard InChI is InChI=1S/C23H24N4O/c1-26-10-3-11-27(13-12-26)16-17-6-8-18(9-7-17)22-14-21-19(15-24)4-2-5-20(21)23(28)25-22/h2,4-9,14H,3,10-13,16H2,1H3,(H,25,28). The number of rotatable bonds is 3. The lowest BCUT2D eigenvalue weighted by Crippen LogP contribution is -2.28. The minimum absolute atomic E-state index is 0.164. The summed E-state index contributed by atoms with van der Waals surface area (Å²) in [6.45, 7) is 5.43. The molecule has 0 radical (unpaired) electrons. The molecule has 3 aromatic rings. The van der Waals surface area contributed by atoms with Crippen molar-refractivity contribution in [3.05, 3.63) is 70.0 Å². The van der Waals surface area contributed by atoms with Crippen molar-refractivity contribution in [2.75, 3.05) is 33.2 Å². The average Bonchev–Trinajstić information content (AvgIpc) is 2.92. The second-order valence-electron chi connectivity index (χ2n) is 7.52. The summed E-state index contributed by atoms with van der Waals surface area (Å²) in [4.78, 5) is 20.3. The molecule has 28 heavy (non-hydrogen) atoms. The van der Waals surface area contributed by atoms with Crippen LogP contribution in [0.5, 0.6) is 0 Å². The molecule has 0 amide bonds. The van der Waals surface area contributed by atoms with E-state index in [2.05, 4.69) is 40.0 Å². The summed E-state index contributed by atoms with van der Waals surface area (Å²) in [5.74, 6) is 0. The smallest absolute Gasteiger partial charge is 0.256 e. The minimum Gasteiger partial charge on any atom is -0.321 e. The van der Waals surface area contributed by atoms with E-state index in [-0.39, 0.29) is 5.56 Å². The first kappa shape index (κ1) is 18.4. The van der Waals surface area contributed by atoms with Crippen LogP contribution >= 0.6 is 0 Å². The predicted molar refractivity (Wildman–Crippen MR) is 112 cm³/mol. The molecule has 1 aliphatic rings. The highest BCUT2D eigenvalue weighted by atomic mass is 16.1. The quantitative estimate of drug-likeness (QED) is 0.767. The Morgan fingerprint density at radius 2 is 1.86 bits per heavy atom. The fourth-order valence-corrected chi connectivity index (χ4v) is 3.85. The highest BCUT2D eigenvalue weighted by molar-refractivity contribution is 5.89. The van der Waals surface area contributed by atoms with Crippen LogP contribution in [-0.2, 0) is 6.54 Å². The summed E-state index contributed by atoms with van der Waals surface area (Å²) in [5.41, 5.74) is 3.32. The van der Waals surface area contributed by atoms with Crippen molar-refractivity contribution in [2.24, 2.45) is 0 Å². The van der Waals surface area contributed by atoms with Gasteiger partial charge in [-0.3, -0.25) is 9.69 Å². The summed E-state index contributed by atoms with van der Waals surface area (Å²) < 4.78 is 0. The molecule has 1 aromatic heterocycles. The molecule has 0 aliphatic carbocycles. The lowest BCUT2D eigenvalue weighted by atomic mass is 10.0. The third kappa shape index (κ3) is 3.84. The molecule has 0 spiro atoms. The molecule has 1 saturated heterocycles. The van der Waals surface area contributed by atoms with Crippen molar-refractivity contribution < 1.29 is 0 Å². The first-order valence-electron chi connectivity index (χ1n) is 9.70. The molecule has 0 bridgehead atoms. The van der Waals surface area contributed by atoms with E-state index in [0.717, 1.165) is 44.0 Å². The van der Waals surface area contributed by atoms with Crippen molar-refractivity contribution in [3.63, 3.8) is 0 Å². The van der Waals surface area contributed by atoms with E-state index in [1.807, 2.05) is 18.2 Å². The van der Waals surface area contributed by atoms with Gasteiger partial charge in [0.25, 0.3) is 5.56 Å². The third-order valence-corrected chi connectivity index (χ3v) is 5.49. The van der Waals surface area contributed by atoms with Gasteiger partial charge in [0.2, 0.25) is 0 Å². The van der Waals surface area contributed by atoms with Crippen LogP contribution in [0.2, 0.25) is 0 Å². The number of H-pyrrole nitrogens is 1. The Kier molecular flexibility index (Phi) is 5.25. The van der Waals surface area contributed by atoms with E-state index in [1.54, 1.807) is 18.2 Å². The minimum atomic E-state index is -0.164. The molecule has 5 heteroatoms. The molecule has 142 valence electrons. The normalized spacial score (nSPS) is 16.0. The third-order valence-electron chi connectivity index (χ3n) is 5.49. The topological polar surface area (TPSA) is 63.1 Å². The SMILES string of the molecule is CN1CCCN(Cc2ccc(-c3cc4c(C#N)cccc4c(=O)[nH]3)cc2)CC1. The molecule has 0 atom stereocenters. The number of pyridine rings is 1. The van der Waals surface area contributed by atoms with Crippen molar-refractivity contribution in [1.82, 2.24) is 14.8 Å². The number of fused-ring (bicyclic) bond motifs is 1. The number of hydrogen-bond acceptors (Lipinski definition) is 4.